The van der Waals surface area contributed by atoms with Gasteiger partial charge in [0.25, 0.3) is 0 Å². The minimum Gasteiger partial charge on any atom is -0.476 e. The SMILES string of the molecule is O=C(O)c1ncc(C#CCCCl)cc1Cl. The topological polar surface area (TPSA) is 50.2 Å². The molecule has 1 heterocycles. The van der Waals surface area contributed by atoms with Crippen LogP contribution in [0.3, 0.4) is 0 Å². The Morgan fingerprint density at radius 3 is 2.87 bits per heavy atom. The van der Waals surface area contributed by atoms with Crippen molar-refractivity contribution in [3.05, 3.63) is 28.5 Å². The molecule has 0 aliphatic heterocycles. The average Bonchev–Trinajstić information content (AvgIpc) is 2.17. The van der Waals surface area contributed by atoms with Crippen LogP contribution in [0.15, 0.2) is 12.3 Å². The number of nitrogens with zero attached hydrogens (tertiary/aromatic N) is 1. The molecule has 3 nitrogen and oxygen atoms in total. The van der Waals surface area contributed by atoms with Crippen molar-refractivity contribution in [1.82, 2.24) is 4.98 Å². The number of halogens is 2. The molecule has 0 spiro atoms. The van der Waals surface area contributed by atoms with Crippen LogP contribution in [0.4, 0.5) is 0 Å². The highest BCUT2D eigenvalue weighted by Crippen LogP contribution is 2.14. The summed E-state index contributed by atoms with van der Waals surface area (Å²) in [6.07, 6.45) is 1.94. The molecular weight excluding hydrogens is 237 g/mol. The van der Waals surface area contributed by atoms with E-state index in [9.17, 15) is 4.79 Å². The van der Waals surface area contributed by atoms with Gasteiger partial charge >= 0.3 is 5.97 Å². The van der Waals surface area contributed by atoms with Gasteiger partial charge in [0, 0.05) is 24.1 Å². The lowest BCUT2D eigenvalue weighted by Crippen LogP contribution is -2.01. The molecule has 1 rings (SSSR count). The van der Waals surface area contributed by atoms with Crippen LogP contribution in [0.1, 0.15) is 22.5 Å². The van der Waals surface area contributed by atoms with Crippen LogP contribution in [-0.4, -0.2) is 21.9 Å². The Kier molecular flexibility index (Phi) is 4.41. The first-order valence-corrected chi connectivity index (χ1v) is 5.00. The zero-order valence-electron chi connectivity index (χ0n) is 7.63. The highest BCUT2D eigenvalue weighted by atomic mass is 35.5. The van der Waals surface area contributed by atoms with Crippen molar-refractivity contribution in [3.63, 3.8) is 0 Å². The number of rotatable bonds is 2. The second-order valence-electron chi connectivity index (χ2n) is 2.60. The minimum absolute atomic E-state index is 0.0835. The van der Waals surface area contributed by atoms with Crippen LogP contribution >= 0.6 is 23.2 Å². The molecule has 0 radical (unpaired) electrons. The Bertz CT molecular complexity index is 435. The molecule has 0 atom stereocenters. The van der Waals surface area contributed by atoms with Crippen LogP contribution in [-0.2, 0) is 0 Å². The van der Waals surface area contributed by atoms with Crippen LogP contribution in [0.5, 0.6) is 0 Å². The monoisotopic (exact) mass is 243 g/mol. The van der Waals surface area contributed by atoms with Crippen molar-refractivity contribution in [3.8, 4) is 11.8 Å². The van der Waals surface area contributed by atoms with E-state index in [1.807, 2.05) is 0 Å². The molecule has 0 unspecified atom stereocenters. The Morgan fingerprint density at radius 2 is 2.33 bits per heavy atom. The van der Waals surface area contributed by atoms with Gasteiger partial charge in [0.2, 0.25) is 0 Å². The standard InChI is InChI=1S/C10H7Cl2NO2/c11-4-2-1-3-7-5-8(12)9(10(14)15)13-6-7/h5-6H,2,4H2,(H,14,15). The summed E-state index contributed by atoms with van der Waals surface area (Å²) in [5, 5.41) is 8.75. The highest BCUT2D eigenvalue weighted by molar-refractivity contribution is 6.33. The van der Waals surface area contributed by atoms with E-state index in [2.05, 4.69) is 16.8 Å². The first-order chi connectivity index (χ1) is 7.15. The average molecular weight is 244 g/mol. The number of hydrogen-bond acceptors (Lipinski definition) is 2. The zero-order valence-corrected chi connectivity index (χ0v) is 9.14. The molecular formula is C10H7Cl2NO2. The van der Waals surface area contributed by atoms with Crippen LogP contribution in [0, 0.1) is 11.8 Å². The summed E-state index contributed by atoms with van der Waals surface area (Å²) in [7, 11) is 0. The fourth-order valence-corrected chi connectivity index (χ4v) is 1.22. The number of aromatic nitrogens is 1. The van der Waals surface area contributed by atoms with E-state index in [1.54, 1.807) is 0 Å². The molecule has 5 heteroatoms. The third-order valence-corrected chi connectivity index (χ3v) is 1.97. The lowest BCUT2D eigenvalue weighted by Gasteiger charge is -1.97. The van der Waals surface area contributed by atoms with Gasteiger partial charge in [0.15, 0.2) is 5.69 Å². The van der Waals surface area contributed by atoms with Gasteiger partial charge < -0.3 is 5.11 Å². The molecule has 0 amide bonds. The lowest BCUT2D eigenvalue weighted by molar-refractivity contribution is 0.0690. The molecule has 1 N–H and O–H groups in total. The van der Waals surface area contributed by atoms with E-state index < -0.39 is 5.97 Å². The summed E-state index contributed by atoms with van der Waals surface area (Å²) in [5.74, 6) is 4.88. The minimum atomic E-state index is -1.15. The molecule has 78 valence electrons. The first kappa shape index (κ1) is 11.8. The fourth-order valence-electron chi connectivity index (χ4n) is 0.875. The smallest absolute Gasteiger partial charge is 0.356 e. The summed E-state index contributed by atoms with van der Waals surface area (Å²) in [5.41, 5.74) is 0.412. The number of carboxylic acids is 1. The molecule has 0 aliphatic rings. The largest absolute Gasteiger partial charge is 0.476 e. The van der Waals surface area contributed by atoms with E-state index in [-0.39, 0.29) is 10.7 Å². The molecule has 1 aromatic heterocycles. The molecule has 0 aliphatic carbocycles. The third-order valence-electron chi connectivity index (χ3n) is 1.50. The summed E-state index contributed by atoms with van der Waals surface area (Å²) in [4.78, 5) is 14.3. The van der Waals surface area contributed by atoms with Crippen molar-refractivity contribution in [2.75, 3.05) is 5.88 Å². The molecule has 0 aromatic carbocycles. The predicted molar refractivity (Wildman–Crippen MR) is 58.4 cm³/mol. The van der Waals surface area contributed by atoms with Gasteiger partial charge in [-0.15, -0.1) is 11.6 Å². The summed E-state index contributed by atoms with van der Waals surface area (Å²) >= 11 is 11.1. The van der Waals surface area contributed by atoms with Crippen molar-refractivity contribution in [1.29, 1.82) is 0 Å². The molecule has 15 heavy (non-hydrogen) atoms. The van der Waals surface area contributed by atoms with E-state index >= 15 is 0 Å². The van der Waals surface area contributed by atoms with Gasteiger partial charge in [-0.25, -0.2) is 9.78 Å². The van der Waals surface area contributed by atoms with Crippen molar-refractivity contribution in [2.45, 2.75) is 6.42 Å². The Morgan fingerprint density at radius 1 is 1.60 bits per heavy atom. The number of carbonyl (C=O) groups is 1. The Hall–Kier alpha value is -1.24. The number of pyridine rings is 1. The third kappa shape index (κ3) is 3.43. The normalized spacial score (nSPS) is 9.20. The van der Waals surface area contributed by atoms with Crippen LogP contribution in [0.25, 0.3) is 0 Å². The Balaban J connectivity index is 2.93. The van der Waals surface area contributed by atoms with Gasteiger partial charge in [-0.3, -0.25) is 0 Å². The van der Waals surface area contributed by atoms with Gasteiger partial charge in [-0.1, -0.05) is 23.4 Å². The predicted octanol–water partition coefficient (Wildman–Crippen LogP) is 2.41. The first-order valence-electron chi connectivity index (χ1n) is 4.09. The number of alkyl halides is 1. The quantitative estimate of drug-likeness (QED) is 0.642. The number of carboxylic acid groups (broad SMARTS) is 1. The molecule has 0 bridgehead atoms. The van der Waals surface area contributed by atoms with Crippen LogP contribution < -0.4 is 0 Å². The van der Waals surface area contributed by atoms with Gasteiger partial charge in [0.1, 0.15) is 0 Å². The lowest BCUT2D eigenvalue weighted by atomic mass is 10.2. The number of hydrogen-bond donors (Lipinski definition) is 1. The van der Waals surface area contributed by atoms with E-state index in [1.165, 1.54) is 12.3 Å². The molecule has 0 saturated carbocycles. The summed E-state index contributed by atoms with van der Waals surface area (Å²) in [6, 6.07) is 1.47. The summed E-state index contributed by atoms with van der Waals surface area (Å²) < 4.78 is 0. The zero-order chi connectivity index (χ0) is 11.3. The van der Waals surface area contributed by atoms with E-state index in [0.717, 1.165) is 0 Å². The van der Waals surface area contributed by atoms with E-state index in [4.69, 9.17) is 28.3 Å². The maximum absolute atomic E-state index is 10.6. The highest BCUT2D eigenvalue weighted by Gasteiger charge is 2.09. The maximum Gasteiger partial charge on any atom is 0.356 e. The van der Waals surface area contributed by atoms with Crippen molar-refractivity contribution >= 4 is 29.2 Å². The Labute approximate surface area is 97.0 Å². The van der Waals surface area contributed by atoms with Gasteiger partial charge in [-0.2, -0.15) is 0 Å². The van der Waals surface area contributed by atoms with Crippen molar-refractivity contribution < 1.29 is 9.90 Å². The summed E-state index contributed by atoms with van der Waals surface area (Å²) in [6.45, 7) is 0. The maximum atomic E-state index is 10.6. The second-order valence-corrected chi connectivity index (χ2v) is 3.39. The fraction of sp³-hybridized carbons (Fsp3) is 0.200. The molecule has 0 fully saturated rings. The van der Waals surface area contributed by atoms with Crippen LogP contribution in [0.2, 0.25) is 5.02 Å². The molecule has 1 aromatic rings. The second kappa shape index (κ2) is 5.59. The number of aromatic carboxylic acids is 1. The van der Waals surface area contributed by atoms with E-state index in [0.29, 0.717) is 17.9 Å². The van der Waals surface area contributed by atoms with Crippen molar-refractivity contribution in [2.24, 2.45) is 0 Å². The molecule has 0 saturated heterocycles. The van der Waals surface area contributed by atoms with Gasteiger partial charge in [-0.05, 0) is 6.07 Å². The van der Waals surface area contributed by atoms with Gasteiger partial charge in [0.05, 0.1) is 5.02 Å².